The van der Waals surface area contributed by atoms with Crippen LogP contribution in [0.4, 0.5) is 23.2 Å². The van der Waals surface area contributed by atoms with E-state index in [0.717, 1.165) is 16.8 Å². The number of pyridine rings is 1. The Kier molecular flexibility index (Phi) is 8.22. The molecule has 0 aliphatic heterocycles. The lowest BCUT2D eigenvalue weighted by atomic mass is 10.1. The highest BCUT2D eigenvalue weighted by atomic mass is 35.5. The summed E-state index contributed by atoms with van der Waals surface area (Å²) in [6.45, 7) is 4.72. The minimum absolute atomic E-state index is 0.0221. The van der Waals surface area contributed by atoms with Crippen LogP contribution >= 0.6 is 11.6 Å². The lowest BCUT2D eigenvalue weighted by molar-refractivity contribution is -0.120. The van der Waals surface area contributed by atoms with Crippen molar-refractivity contribution in [3.05, 3.63) is 75.1 Å². The summed E-state index contributed by atoms with van der Waals surface area (Å²) in [7, 11) is -6.06. The van der Waals surface area contributed by atoms with Crippen LogP contribution in [0.1, 0.15) is 37.9 Å². The number of nitrogens with one attached hydrogen (secondary N) is 1. The molecule has 14 heteroatoms. The number of amides is 1. The molecule has 0 radical (unpaired) electrons. The van der Waals surface area contributed by atoms with Crippen molar-refractivity contribution in [2.45, 2.75) is 39.1 Å². The molecular formula is C24H22ClF4N3O5S. The fourth-order valence-corrected chi connectivity index (χ4v) is 3.81. The molecule has 1 N–H and O–H groups in total. The first-order valence-electron chi connectivity index (χ1n) is 11.0. The van der Waals surface area contributed by atoms with Crippen molar-refractivity contribution < 1.29 is 35.0 Å². The van der Waals surface area contributed by atoms with Crippen LogP contribution in [0.15, 0.2) is 52.4 Å². The van der Waals surface area contributed by atoms with Crippen molar-refractivity contribution in [2.24, 2.45) is 10.4 Å². The number of carbonyl (C=O) groups is 1. The van der Waals surface area contributed by atoms with Crippen LogP contribution in [0.25, 0.3) is 6.20 Å². The molecule has 1 fully saturated rings. The van der Waals surface area contributed by atoms with Gasteiger partial charge in [0.25, 0.3) is 5.56 Å². The highest BCUT2D eigenvalue weighted by Gasteiger charge is 2.49. The van der Waals surface area contributed by atoms with Gasteiger partial charge < -0.3 is 9.50 Å². The van der Waals surface area contributed by atoms with Crippen LogP contribution in [0.5, 0.6) is 5.75 Å². The number of aromatic nitrogens is 1. The second kappa shape index (κ2) is 10.7. The van der Waals surface area contributed by atoms with Crippen molar-refractivity contribution in [1.29, 1.82) is 0 Å². The normalized spacial score (nSPS) is 15.7. The van der Waals surface area contributed by atoms with E-state index in [1.165, 1.54) is 37.4 Å². The van der Waals surface area contributed by atoms with Crippen molar-refractivity contribution in [2.75, 3.05) is 5.32 Å². The number of nitrogens with zero attached hydrogens (tertiary/aromatic N) is 2. The van der Waals surface area contributed by atoms with Crippen LogP contribution in [-0.4, -0.2) is 30.1 Å². The number of anilines is 1. The van der Waals surface area contributed by atoms with Crippen molar-refractivity contribution in [3.63, 3.8) is 0 Å². The summed E-state index contributed by atoms with van der Waals surface area (Å²) in [5.41, 5.74) is -7.48. The van der Waals surface area contributed by atoms with Gasteiger partial charge in [-0.05, 0) is 44.9 Å². The third-order valence-corrected chi connectivity index (χ3v) is 6.95. The van der Waals surface area contributed by atoms with Gasteiger partial charge in [-0.15, -0.1) is 0 Å². The number of carbonyl (C=O) groups excluding carboxylic acids is 1. The molecule has 0 atom stereocenters. The van der Waals surface area contributed by atoms with E-state index in [4.69, 9.17) is 11.6 Å². The van der Waals surface area contributed by atoms with Gasteiger partial charge in [-0.25, -0.2) is 4.39 Å². The molecule has 0 saturated heterocycles. The molecule has 2 aromatic rings. The molecule has 1 aliphatic rings. The number of aryl methyl sites for hydroxylation is 1. The first-order chi connectivity index (χ1) is 17.6. The molecular weight excluding hydrogens is 554 g/mol. The summed E-state index contributed by atoms with van der Waals surface area (Å²) >= 11 is 5.81. The zero-order valence-electron chi connectivity index (χ0n) is 20.3. The van der Waals surface area contributed by atoms with Gasteiger partial charge in [-0.2, -0.15) is 21.6 Å². The zero-order chi connectivity index (χ0) is 28.5. The third kappa shape index (κ3) is 6.16. The van der Waals surface area contributed by atoms with E-state index < -0.39 is 43.2 Å². The molecule has 0 bridgehead atoms. The number of hydrogen-bond acceptors (Lipinski definition) is 6. The lowest BCUT2D eigenvalue weighted by Crippen LogP contribution is -2.29. The largest absolute Gasteiger partial charge is 0.534 e. The highest BCUT2D eigenvalue weighted by Crippen LogP contribution is 2.45. The fraction of sp³-hybridized carbons (Fsp3) is 0.292. The van der Waals surface area contributed by atoms with Gasteiger partial charge in [-0.1, -0.05) is 30.7 Å². The number of benzene rings is 1. The quantitative estimate of drug-likeness (QED) is 0.196. The second-order valence-electron chi connectivity index (χ2n) is 8.62. The molecule has 1 aromatic heterocycles. The number of aliphatic imine (C=N–C) groups is 1. The number of halogens is 5. The predicted octanol–water partition coefficient (Wildman–Crippen LogP) is 5.41. The van der Waals surface area contributed by atoms with E-state index in [9.17, 15) is 31.2 Å². The minimum atomic E-state index is -6.06. The average molecular weight is 576 g/mol. The van der Waals surface area contributed by atoms with Crippen LogP contribution < -0.4 is 15.1 Å². The molecule has 38 heavy (non-hydrogen) atoms. The minimum Gasteiger partial charge on any atom is -0.374 e. The Hall–Kier alpha value is -3.45. The molecule has 1 aliphatic carbocycles. The lowest BCUT2D eigenvalue weighted by Gasteiger charge is -2.14. The second-order valence-corrected chi connectivity index (χ2v) is 10.5. The fourth-order valence-electron chi connectivity index (χ4n) is 3.12. The van der Waals surface area contributed by atoms with Gasteiger partial charge in [-0.3, -0.25) is 19.1 Å². The topological polar surface area (TPSA) is 107 Å². The van der Waals surface area contributed by atoms with E-state index in [2.05, 4.69) is 14.5 Å². The molecule has 3 rings (SSSR count). The Morgan fingerprint density at radius 3 is 2.53 bits per heavy atom. The summed E-state index contributed by atoms with van der Waals surface area (Å²) in [5.74, 6) is -2.10. The van der Waals surface area contributed by atoms with Gasteiger partial charge >= 0.3 is 15.6 Å². The zero-order valence-corrected chi connectivity index (χ0v) is 21.8. The SMILES string of the molecule is C/C=C/N=C(/C=C/n1c(C)cc(OS(=O)(=O)C(F)(F)F)c(Cl)c1=O)c1cccc(NC(=O)C2(C)CC2)c1F. The molecule has 1 saturated carbocycles. The van der Waals surface area contributed by atoms with Crippen molar-refractivity contribution in [3.8, 4) is 5.75 Å². The van der Waals surface area contributed by atoms with Crippen LogP contribution in [0.3, 0.4) is 0 Å². The monoisotopic (exact) mass is 575 g/mol. The maximum Gasteiger partial charge on any atom is 0.534 e. The summed E-state index contributed by atoms with van der Waals surface area (Å²) in [5, 5.41) is 1.65. The molecule has 204 valence electrons. The van der Waals surface area contributed by atoms with Gasteiger partial charge in [0.15, 0.2) is 11.6 Å². The Balaban J connectivity index is 2.00. The van der Waals surface area contributed by atoms with E-state index >= 15 is 4.39 Å². The number of alkyl halides is 3. The molecule has 1 heterocycles. The van der Waals surface area contributed by atoms with Crippen LogP contribution in [0, 0.1) is 18.2 Å². The van der Waals surface area contributed by atoms with Gasteiger partial charge in [0.2, 0.25) is 5.91 Å². The standard InChI is InChI=1S/C24H22ClF4N3O5S/c1-4-11-30-16(15-6-5-7-17(20(15)26)31-22(34)23(3)9-10-23)8-12-32-14(2)13-18(19(25)21(32)33)37-38(35,36)24(27,28)29/h4-8,11-13H,9-10H2,1-3H3,(H,31,34)/b11-4+,12-8+,30-16-. The maximum atomic E-state index is 15.4. The molecule has 0 unspecified atom stereocenters. The maximum absolute atomic E-state index is 15.4. The van der Waals surface area contributed by atoms with E-state index in [0.29, 0.717) is 12.8 Å². The van der Waals surface area contributed by atoms with Crippen LogP contribution in [-0.2, 0) is 14.9 Å². The number of hydrogen-bond donors (Lipinski definition) is 1. The molecule has 0 spiro atoms. The summed E-state index contributed by atoms with van der Waals surface area (Å²) < 4.78 is 80.9. The van der Waals surface area contributed by atoms with Crippen molar-refractivity contribution >= 4 is 45.2 Å². The van der Waals surface area contributed by atoms with E-state index in [1.807, 2.05) is 0 Å². The smallest absolute Gasteiger partial charge is 0.374 e. The predicted molar refractivity (Wildman–Crippen MR) is 135 cm³/mol. The number of rotatable bonds is 8. The summed E-state index contributed by atoms with van der Waals surface area (Å²) in [4.78, 5) is 29.3. The number of allylic oxidation sites excluding steroid dienone is 2. The van der Waals surface area contributed by atoms with E-state index in [-0.39, 0.29) is 28.6 Å². The van der Waals surface area contributed by atoms with Gasteiger partial charge in [0, 0.05) is 35.1 Å². The first kappa shape index (κ1) is 29.1. The molecule has 8 nitrogen and oxygen atoms in total. The van der Waals surface area contributed by atoms with Crippen molar-refractivity contribution in [1.82, 2.24) is 4.57 Å². The molecule has 1 aromatic carbocycles. The first-order valence-corrected chi connectivity index (χ1v) is 12.8. The third-order valence-electron chi connectivity index (χ3n) is 5.64. The Labute approximate surface area is 220 Å². The Bertz CT molecular complexity index is 1520. The Morgan fingerprint density at radius 2 is 1.95 bits per heavy atom. The van der Waals surface area contributed by atoms with Gasteiger partial charge in [0.05, 0.1) is 11.4 Å². The Morgan fingerprint density at radius 1 is 1.29 bits per heavy atom. The van der Waals surface area contributed by atoms with E-state index in [1.54, 1.807) is 19.9 Å². The summed E-state index contributed by atoms with van der Waals surface area (Å²) in [6.07, 6.45) is 6.68. The average Bonchev–Trinajstić information content (AvgIpc) is 3.58. The van der Waals surface area contributed by atoms with Crippen LogP contribution in [0.2, 0.25) is 5.02 Å². The molecule has 1 amide bonds. The summed E-state index contributed by atoms with van der Waals surface area (Å²) in [6, 6.07) is 5.12. The van der Waals surface area contributed by atoms with Gasteiger partial charge in [0.1, 0.15) is 5.02 Å². The highest BCUT2D eigenvalue weighted by molar-refractivity contribution is 7.88.